The van der Waals surface area contributed by atoms with Crippen LogP contribution in [0.2, 0.25) is 0 Å². The number of piperazine rings is 1. The second-order valence-electron chi connectivity index (χ2n) is 5.61. The van der Waals surface area contributed by atoms with Crippen molar-refractivity contribution in [2.24, 2.45) is 0 Å². The second kappa shape index (κ2) is 8.19. The number of rotatable bonds is 7. The number of aliphatic hydroxyl groups excluding tert-OH is 1. The predicted molar refractivity (Wildman–Crippen MR) is 85.6 cm³/mol. The molecular formula is C15H27N3O2S. The molecule has 2 rings (SSSR count). The van der Waals surface area contributed by atoms with E-state index in [9.17, 15) is 5.11 Å². The van der Waals surface area contributed by atoms with Gasteiger partial charge in [0.25, 0.3) is 0 Å². The minimum atomic E-state index is 0.0791. The summed E-state index contributed by atoms with van der Waals surface area (Å²) < 4.78 is 5.31. The van der Waals surface area contributed by atoms with Gasteiger partial charge in [-0.2, -0.15) is 0 Å². The van der Waals surface area contributed by atoms with Crippen LogP contribution in [0.15, 0.2) is 5.38 Å². The Kier molecular flexibility index (Phi) is 6.57. The molecule has 1 aliphatic heterocycles. The summed E-state index contributed by atoms with van der Waals surface area (Å²) in [6, 6.07) is 0.320. The van der Waals surface area contributed by atoms with Crippen LogP contribution in [0.4, 0.5) is 0 Å². The lowest BCUT2D eigenvalue weighted by atomic mass is 10.1. The average Bonchev–Trinajstić information content (AvgIpc) is 2.98. The van der Waals surface area contributed by atoms with Crippen LogP contribution in [-0.4, -0.2) is 65.8 Å². The molecule has 0 aliphatic carbocycles. The molecule has 1 aliphatic rings. The van der Waals surface area contributed by atoms with Gasteiger partial charge in [-0.3, -0.25) is 9.80 Å². The number of hydrogen-bond donors (Lipinski definition) is 1. The molecule has 1 aromatic heterocycles. The molecule has 21 heavy (non-hydrogen) atoms. The Morgan fingerprint density at radius 3 is 2.67 bits per heavy atom. The molecule has 0 aromatic carbocycles. The van der Waals surface area contributed by atoms with E-state index in [1.807, 2.05) is 6.92 Å². The molecule has 2 unspecified atom stereocenters. The SMILES string of the molecule is CCC(CO)N1CCN(Cc2csc(C(C)OC)n2)CC1. The van der Waals surface area contributed by atoms with E-state index >= 15 is 0 Å². The standard InChI is InChI=1S/C15H27N3O2S/c1-4-14(10-19)18-7-5-17(6-8-18)9-13-11-21-15(16-13)12(2)20-3/h11-12,14,19H,4-10H2,1-3H3. The van der Waals surface area contributed by atoms with Crippen LogP contribution in [-0.2, 0) is 11.3 Å². The molecule has 0 spiro atoms. The maximum atomic E-state index is 9.38. The lowest BCUT2D eigenvalue weighted by molar-refractivity contribution is 0.0603. The minimum absolute atomic E-state index is 0.0791. The van der Waals surface area contributed by atoms with E-state index in [0.29, 0.717) is 6.04 Å². The van der Waals surface area contributed by atoms with Gasteiger partial charge in [0.05, 0.1) is 12.3 Å². The van der Waals surface area contributed by atoms with E-state index in [1.54, 1.807) is 18.4 Å². The summed E-state index contributed by atoms with van der Waals surface area (Å²) in [6.45, 7) is 9.50. The first kappa shape index (κ1) is 16.8. The zero-order chi connectivity index (χ0) is 15.2. The van der Waals surface area contributed by atoms with Gasteiger partial charge < -0.3 is 9.84 Å². The van der Waals surface area contributed by atoms with Gasteiger partial charge in [0, 0.05) is 51.3 Å². The molecule has 1 fully saturated rings. The van der Waals surface area contributed by atoms with E-state index in [0.717, 1.165) is 49.8 Å². The Balaban J connectivity index is 1.82. The third-order valence-corrected chi connectivity index (χ3v) is 5.32. The number of aliphatic hydroxyl groups is 1. The summed E-state index contributed by atoms with van der Waals surface area (Å²) in [5.41, 5.74) is 1.14. The van der Waals surface area contributed by atoms with Crippen molar-refractivity contribution in [2.75, 3.05) is 39.9 Å². The fourth-order valence-corrected chi connectivity index (χ4v) is 3.54. The quantitative estimate of drug-likeness (QED) is 0.831. The number of nitrogens with zero attached hydrogens (tertiary/aromatic N) is 3. The van der Waals surface area contributed by atoms with Gasteiger partial charge in [-0.15, -0.1) is 11.3 Å². The maximum absolute atomic E-state index is 9.38. The molecule has 1 saturated heterocycles. The van der Waals surface area contributed by atoms with E-state index in [4.69, 9.17) is 4.74 Å². The predicted octanol–water partition coefficient (Wildman–Crippen LogP) is 1.74. The third-order valence-electron chi connectivity index (χ3n) is 4.26. The third kappa shape index (κ3) is 4.47. The number of ether oxygens (including phenoxy) is 1. The number of aromatic nitrogens is 1. The Bertz CT molecular complexity index is 415. The van der Waals surface area contributed by atoms with E-state index in [1.165, 1.54) is 0 Å². The Labute approximate surface area is 131 Å². The van der Waals surface area contributed by atoms with Gasteiger partial charge in [0.15, 0.2) is 0 Å². The summed E-state index contributed by atoms with van der Waals surface area (Å²) in [4.78, 5) is 9.50. The highest BCUT2D eigenvalue weighted by Gasteiger charge is 2.22. The van der Waals surface area contributed by atoms with Crippen molar-refractivity contribution >= 4 is 11.3 Å². The molecule has 120 valence electrons. The molecule has 2 heterocycles. The molecule has 1 N–H and O–H groups in total. The Hall–Kier alpha value is -0.530. The number of methoxy groups -OCH3 is 1. The first-order chi connectivity index (χ1) is 10.2. The van der Waals surface area contributed by atoms with Crippen LogP contribution >= 0.6 is 11.3 Å². The number of thiazole rings is 1. The number of hydrogen-bond acceptors (Lipinski definition) is 6. The molecule has 1 aromatic rings. The maximum Gasteiger partial charge on any atom is 0.122 e. The summed E-state index contributed by atoms with van der Waals surface area (Å²) >= 11 is 1.68. The van der Waals surface area contributed by atoms with Crippen LogP contribution in [0.5, 0.6) is 0 Å². The second-order valence-corrected chi connectivity index (χ2v) is 6.50. The van der Waals surface area contributed by atoms with Crippen LogP contribution < -0.4 is 0 Å². The highest BCUT2D eigenvalue weighted by molar-refractivity contribution is 7.09. The van der Waals surface area contributed by atoms with Crippen molar-refractivity contribution in [1.82, 2.24) is 14.8 Å². The smallest absolute Gasteiger partial charge is 0.122 e. The summed E-state index contributed by atoms with van der Waals surface area (Å²) in [5, 5.41) is 12.6. The van der Waals surface area contributed by atoms with Gasteiger partial charge in [0.2, 0.25) is 0 Å². The zero-order valence-electron chi connectivity index (χ0n) is 13.3. The normalized spacial score (nSPS) is 20.6. The Morgan fingerprint density at radius 1 is 1.38 bits per heavy atom. The van der Waals surface area contributed by atoms with Crippen LogP contribution in [0, 0.1) is 0 Å². The minimum Gasteiger partial charge on any atom is -0.395 e. The topological polar surface area (TPSA) is 48.8 Å². The zero-order valence-corrected chi connectivity index (χ0v) is 14.1. The Morgan fingerprint density at radius 2 is 2.10 bits per heavy atom. The largest absolute Gasteiger partial charge is 0.395 e. The molecule has 2 atom stereocenters. The lowest BCUT2D eigenvalue weighted by Crippen LogP contribution is -2.50. The molecular weight excluding hydrogens is 286 g/mol. The van der Waals surface area contributed by atoms with Crippen molar-refractivity contribution in [2.45, 2.75) is 39.0 Å². The van der Waals surface area contributed by atoms with Gasteiger partial charge >= 0.3 is 0 Å². The van der Waals surface area contributed by atoms with E-state index in [-0.39, 0.29) is 12.7 Å². The molecule has 5 nitrogen and oxygen atoms in total. The first-order valence-corrected chi connectivity index (χ1v) is 8.60. The van der Waals surface area contributed by atoms with Crippen molar-refractivity contribution < 1.29 is 9.84 Å². The van der Waals surface area contributed by atoms with Crippen molar-refractivity contribution in [3.63, 3.8) is 0 Å². The highest BCUT2D eigenvalue weighted by Crippen LogP contribution is 2.21. The van der Waals surface area contributed by atoms with Gasteiger partial charge in [-0.25, -0.2) is 4.98 Å². The van der Waals surface area contributed by atoms with Crippen molar-refractivity contribution in [3.05, 3.63) is 16.1 Å². The molecule has 6 heteroatoms. The summed E-state index contributed by atoms with van der Waals surface area (Å²) in [6.07, 6.45) is 1.09. The van der Waals surface area contributed by atoms with Gasteiger partial charge in [-0.1, -0.05) is 6.92 Å². The molecule has 0 bridgehead atoms. The van der Waals surface area contributed by atoms with Crippen molar-refractivity contribution in [3.8, 4) is 0 Å². The van der Waals surface area contributed by atoms with Crippen LogP contribution in [0.25, 0.3) is 0 Å². The lowest BCUT2D eigenvalue weighted by Gasteiger charge is -2.38. The fourth-order valence-electron chi connectivity index (χ4n) is 2.70. The monoisotopic (exact) mass is 313 g/mol. The highest BCUT2D eigenvalue weighted by atomic mass is 32.1. The van der Waals surface area contributed by atoms with Gasteiger partial charge in [0.1, 0.15) is 11.1 Å². The molecule has 0 saturated carbocycles. The van der Waals surface area contributed by atoms with Gasteiger partial charge in [-0.05, 0) is 13.3 Å². The summed E-state index contributed by atoms with van der Waals surface area (Å²) in [7, 11) is 1.72. The van der Waals surface area contributed by atoms with E-state index in [2.05, 4.69) is 27.1 Å². The fraction of sp³-hybridized carbons (Fsp3) is 0.800. The van der Waals surface area contributed by atoms with Crippen LogP contribution in [0.1, 0.15) is 37.1 Å². The average molecular weight is 313 g/mol. The molecule has 0 radical (unpaired) electrons. The molecule has 0 amide bonds. The van der Waals surface area contributed by atoms with Crippen LogP contribution in [0.3, 0.4) is 0 Å². The van der Waals surface area contributed by atoms with E-state index < -0.39 is 0 Å². The van der Waals surface area contributed by atoms with Crippen molar-refractivity contribution in [1.29, 1.82) is 0 Å². The summed E-state index contributed by atoms with van der Waals surface area (Å²) in [5.74, 6) is 0. The first-order valence-electron chi connectivity index (χ1n) is 7.72.